The van der Waals surface area contributed by atoms with E-state index in [2.05, 4.69) is 5.32 Å². The monoisotopic (exact) mass is 282 g/mol. The summed E-state index contributed by atoms with van der Waals surface area (Å²) in [4.78, 5) is 11.1. The van der Waals surface area contributed by atoms with Gasteiger partial charge in [0.15, 0.2) is 0 Å². The van der Waals surface area contributed by atoms with E-state index in [4.69, 9.17) is 9.29 Å². The van der Waals surface area contributed by atoms with Crippen LogP contribution in [0.1, 0.15) is 5.56 Å². The molecule has 0 aromatic heterocycles. The predicted molar refractivity (Wildman–Crippen MR) is 66.8 cm³/mol. The molecule has 0 heterocycles. The van der Waals surface area contributed by atoms with Gasteiger partial charge in [0.2, 0.25) is 0 Å². The Hall–Kier alpha value is -0.600. The van der Waals surface area contributed by atoms with Crippen molar-refractivity contribution in [2.24, 2.45) is 0 Å². The first-order valence-electron chi connectivity index (χ1n) is 4.87. The van der Waals surface area contributed by atoms with E-state index in [-0.39, 0.29) is 42.7 Å². The largest absolute Gasteiger partial charge is 0.445 e. The average Bonchev–Trinajstić information content (AvgIpc) is 2.26. The Bertz CT molecular complexity index is 462. The van der Waals surface area contributed by atoms with Gasteiger partial charge in [-0.05, 0) is 5.56 Å². The van der Waals surface area contributed by atoms with E-state index in [1.165, 1.54) is 0 Å². The van der Waals surface area contributed by atoms with E-state index in [1.54, 1.807) is 12.1 Å². The molecule has 0 bridgehead atoms. The standard InChI is InChI=1S/C10H13NO5S.Na/c12-10(11-6-7-17(13,14)15)16-8-9-4-2-1-3-5-9;/h1-5H,6-8H2,(H,11,12)(H,13,14,15);. The Morgan fingerprint density at radius 3 is 2.44 bits per heavy atom. The first kappa shape index (κ1) is 17.4. The topological polar surface area (TPSA) is 92.7 Å². The van der Waals surface area contributed by atoms with Gasteiger partial charge < -0.3 is 10.1 Å². The Morgan fingerprint density at radius 1 is 1.28 bits per heavy atom. The maximum absolute atomic E-state index is 11.1. The summed E-state index contributed by atoms with van der Waals surface area (Å²) in [5.41, 5.74) is 0.831. The number of amides is 1. The summed E-state index contributed by atoms with van der Waals surface area (Å²) in [5.74, 6) is -0.534. The van der Waals surface area contributed by atoms with Crippen molar-refractivity contribution in [3.8, 4) is 0 Å². The van der Waals surface area contributed by atoms with Crippen LogP contribution in [0.15, 0.2) is 30.3 Å². The summed E-state index contributed by atoms with van der Waals surface area (Å²) in [6, 6.07) is 9.07. The number of rotatable bonds is 5. The van der Waals surface area contributed by atoms with Crippen molar-refractivity contribution in [2.45, 2.75) is 6.61 Å². The second kappa shape index (κ2) is 8.49. The van der Waals surface area contributed by atoms with E-state index >= 15 is 0 Å². The van der Waals surface area contributed by atoms with Gasteiger partial charge in [-0.1, -0.05) is 30.3 Å². The Kier molecular flexibility index (Phi) is 8.21. The average molecular weight is 282 g/mol. The molecule has 0 saturated heterocycles. The predicted octanol–water partition coefficient (Wildman–Crippen LogP) is 0.420. The molecule has 0 spiro atoms. The molecule has 1 radical (unpaired) electrons. The van der Waals surface area contributed by atoms with Gasteiger partial charge in [-0.2, -0.15) is 8.42 Å². The smallest absolute Gasteiger partial charge is 0.407 e. The molecule has 1 aromatic carbocycles. The molecule has 0 unspecified atom stereocenters. The normalized spacial score (nSPS) is 10.3. The summed E-state index contributed by atoms with van der Waals surface area (Å²) in [6.07, 6.45) is -0.725. The molecule has 0 aliphatic heterocycles. The van der Waals surface area contributed by atoms with Crippen molar-refractivity contribution in [1.82, 2.24) is 5.32 Å². The van der Waals surface area contributed by atoms with Gasteiger partial charge in [0.25, 0.3) is 10.1 Å². The van der Waals surface area contributed by atoms with Crippen LogP contribution in [0, 0.1) is 0 Å². The fraction of sp³-hybridized carbons (Fsp3) is 0.300. The number of hydrogen-bond acceptors (Lipinski definition) is 4. The molecule has 0 aliphatic carbocycles. The van der Waals surface area contributed by atoms with Gasteiger partial charge in [-0.3, -0.25) is 4.55 Å². The number of carbonyl (C=O) groups is 1. The number of carbonyl (C=O) groups excluding carboxylic acids is 1. The maximum Gasteiger partial charge on any atom is 0.407 e. The van der Waals surface area contributed by atoms with Crippen molar-refractivity contribution in [3.63, 3.8) is 0 Å². The molecule has 2 N–H and O–H groups in total. The molecule has 1 aromatic rings. The minimum Gasteiger partial charge on any atom is -0.445 e. The van der Waals surface area contributed by atoms with Gasteiger partial charge in [-0.15, -0.1) is 0 Å². The zero-order valence-corrected chi connectivity index (χ0v) is 12.8. The van der Waals surface area contributed by atoms with Crippen LogP contribution in [0.25, 0.3) is 0 Å². The van der Waals surface area contributed by atoms with Crippen LogP contribution in [-0.4, -0.2) is 60.9 Å². The summed E-state index contributed by atoms with van der Waals surface area (Å²) >= 11 is 0. The van der Waals surface area contributed by atoms with Crippen molar-refractivity contribution in [1.29, 1.82) is 0 Å². The van der Waals surface area contributed by atoms with Crippen LogP contribution in [0.3, 0.4) is 0 Å². The fourth-order valence-corrected chi connectivity index (χ4v) is 1.42. The molecule has 1 rings (SSSR count). The van der Waals surface area contributed by atoms with Crippen LogP contribution < -0.4 is 5.32 Å². The molecule has 0 aliphatic rings. The number of benzene rings is 1. The summed E-state index contributed by atoms with van der Waals surface area (Å²) in [7, 11) is -4.06. The zero-order chi connectivity index (χ0) is 12.7. The Balaban J connectivity index is 0.00000289. The van der Waals surface area contributed by atoms with Gasteiger partial charge in [-0.25, -0.2) is 4.79 Å². The second-order valence-electron chi connectivity index (χ2n) is 3.27. The van der Waals surface area contributed by atoms with E-state index in [0.29, 0.717) is 0 Å². The Labute approximate surface area is 128 Å². The van der Waals surface area contributed by atoms with Crippen LogP contribution in [0.2, 0.25) is 0 Å². The van der Waals surface area contributed by atoms with Gasteiger partial charge in [0, 0.05) is 36.1 Å². The molecule has 95 valence electrons. The quantitative estimate of drug-likeness (QED) is 0.603. The summed E-state index contributed by atoms with van der Waals surface area (Å²) in [6.45, 7) is -0.0784. The minimum absolute atomic E-state index is 0. The molecular formula is C10H13NNaO5S. The SMILES string of the molecule is O=C(NCCS(=O)(=O)O)OCc1ccccc1.[Na]. The molecule has 1 amide bonds. The van der Waals surface area contributed by atoms with Gasteiger partial charge in [0.05, 0.1) is 5.75 Å². The molecule has 18 heavy (non-hydrogen) atoms. The third kappa shape index (κ3) is 8.48. The Morgan fingerprint density at radius 2 is 1.89 bits per heavy atom. The van der Waals surface area contributed by atoms with Crippen LogP contribution in [0.4, 0.5) is 4.79 Å². The molecule has 6 nitrogen and oxygen atoms in total. The molecule has 0 fully saturated rings. The number of hydrogen-bond donors (Lipinski definition) is 2. The third-order valence-corrected chi connectivity index (χ3v) is 2.56. The minimum atomic E-state index is -4.06. The fourth-order valence-electron chi connectivity index (χ4n) is 1.06. The van der Waals surface area contributed by atoms with E-state index in [0.717, 1.165) is 5.56 Å². The van der Waals surface area contributed by atoms with Crippen molar-refractivity contribution in [2.75, 3.05) is 12.3 Å². The van der Waals surface area contributed by atoms with Crippen LogP contribution >= 0.6 is 0 Å². The second-order valence-corrected chi connectivity index (χ2v) is 4.85. The van der Waals surface area contributed by atoms with Crippen molar-refractivity contribution in [3.05, 3.63) is 35.9 Å². The van der Waals surface area contributed by atoms with Crippen molar-refractivity contribution < 1.29 is 22.5 Å². The number of nitrogens with one attached hydrogen (secondary N) is 1. The van der Waals surface area contributed by atoms with Crippen LogP contribution in [-0.2, 0) is 21.5 Å². The van der Waals surface area contributed by atoms with Gasteiger partial charge in [0.1, 0.15) is 6.61 Å². The molecular weight excluding hydrogens is 269 g/mol. The first-order chi connectivity index (χ1) is 7.97. The molecule has 8 heteroatoms. The van der Waals surface area contributed by atoms with Crippen molar-refractivity contribution >= 4 is 45.8 Å². The summed E-state index contributed by atoms with van der Waals surface area (Å²) < 4.78 is 33.9. The molecule has 0 saturated carbocycles. The zero-order valence-electron chi connectivity index (χ0n) is 10.00. The van der Waals surface area contributed by atoms with E-state index in [9.17, 15) is 13.2 Å². The van der Waals surface area contributed by atoms with Gasteiger partial charge >= 0.3 is 6.09 Å². The van der Waals surface area contributed by atoms with E-state index in [1.807, 2.05) is 18.2 Å². The van der Waals surface area contributed by atoms with Crippen LogP contribution in [0.5, 0.6) is 0 Å². The number of ether oxygens (including phenoxy) is 1. The third-order valence-electron chi connectivity index (χ3n) is 1.84. The van der Waals surface area contributed by atoms with E-state index < -0.39 is 22.0 Å². The first-order valence-corrected chi connectivity index (χ1v) is 6.48. The molecule has 0 atom stereocenters. The summed E-state index contributed by atoms with van der Waals surface area (Å²) in [5, 5.41) is 2.21. The maximum atomic E-state index is 11.1. The number of alkyl carbamates (subject to hydrolysis) is 1.